The Labute approximate surface area is 167 Å². The van der Waals surface area contributed by atoms with Gasteiger partial charge in [0.1, 0.15) is 14.9 Å². The standard InChI is InChI=1S/C18H19ClN4OS2/c19-13-8-4-7-12(10-20)14(13)23-16(21)15(17(22)24)26-18(23,25)9-11-5-2-1-3-6-11/h1-8,25H,9-10,20-21H2,(H2,22,24). The van der Waals surface area contributed by atoms with Crippen LogP contribution in [0.5, 0.6) is 0 Å². The zero-order valence-electron chi connectivity index (χ0n) is 13.9. The minimum Gasteiger partial charge on any atom is -0.384 e. The third kappa shape index (κ3) is 3.40. The van der Waals surface area contributed by atoms with Crippen molar-refractivity contribution in [2.45, 2.75) is 17.2 Å². The van der Waals surface area contributed by atoms with Crippen molar-refractivity contribution >= 4 is 47.6 Å². The molecule has 0 fully saturated rings. The topological polar surface area (TPSA) is 98.4 Å². The summed E-state index contributed by atoms with van der Waals surface area (Å²) >= 11 is 12.6. The van der Waals surface area contributed by atoms with Crippen LogP contribution in [-0.4, -0.2) is 10.1 Å². The maximum absolute atomic E-state index is 11.9. The predicted molar refractivity (Wildman–Crippen MR) is 112 cm³/mol. The van der Waals surface area contributed by atoms with Crippen molar-refractivity contribution in [3.63, 3.8) is 0 Å². The molecule has 0 radical (unpaired) electrons. The lowest BCUT2D eigenvalue weighted by Gasteiger charge is -2.37. The van der Waals surface area contributed by atoms with Crippen molar-refractivity contribution < 1.29 is 4.79 Å². The zero-order chi connectivity index (χ0) is 18.9. The van der Waals surface area contributed by atoms with E-state index >= 15 is 0 Å². The normalized spacial score (nSPS) is 19.9. The predicted octanol–water partition coefficient (Wildman–Crippen LogP) is 2.79. The highest BCUT2D eigenvalue weighted by atomic mass is 35.5. The fraction of sp³-hybridized carbons (Fsp3) is 0.167. The van der Waals surface area contributed by atoms with E-state index in [0.29, 0.717) is 17.1 Å². The third-order valence-corrected chi connectivity index (χ3v) is 6.31. The van der Waals surface area contributed by atoms with E-state index in [1.165, 1.54) is 11.8 Å². The number of carbonyl (C=O) groups is 1. The molecule has 1 aliphatic rings. The highest BCUT2D eigenvalue weighted by molar-refractivity contribution is 8.15. The fourth-order valence-corrected chi connectivity index (χ4v) is 5.06. The van der Waals surface area contributed by atoms with Crippen LogP contribution in [0.1, 0.15) is 11.1 Å². The Morgan fingerprint density at radius 3 is 2.50 bits per heavy atom. The summed E-state index contributed by atoms with van der Waals surface area (Å²) in [5.41, 5.74) is 20.2. The van der Waals surface area contributed by atoms with Gasteiger partial charge in [0.15, 0.2) is 0 Å². The summed E-state index contributed by atoms with van der Waals surface area (Å²) < 4.78 is -0.870. The number of hydrogen-bond donors (Lipinski definition) is 4. The first-order chi connectivity index (χ1) is 12.4. The molecule has 26 heavy (non-hydrogen) atoms. The smallest absolute Gasteiger partial charge is 0.258 e. The average molecular weight is 407 g/mol. The molecular formula is C18H19ClN4OS2. The first-order valence-corrected chi connectivity index (χ1v) is 9.54. The SMILES string of the molecule is NCc1cccc(Cl)c1N1C(N)=C(C(N)=O)SC1(S)Cc1ccccc1. The number of hydrogen-bond acceptors (Lipinski definition) is 6. The number of para-hydroxylation sites is 1. The van der Waals surface area contributed by atoms with Crippen LogP contribution in [0.4, 0.5) is 5.69 Å². The lowest BCUT2D eigenvalue weighted by Crippen LogP contribution is -2.42. The average Bonchev–Trinajstić information content (AvgIpc) is 2.86. The Kier molecular flexibility index (Phi) is 5.43. The molecule has 2 aromatic rings. The molecule has 0 aliphatic carbocycles. The number of anilines is 1. The van der Waals surface area contributed by atoms with Gasteiger partial charge in [-0.05, 0) is 17.2 Å². The molecule has 0 aromatic heterocycles. The molecule has 0 bridgehead atoms. The first kappa shape index (κ1) is 19.0. The number of halogens is 1. The highest BCUT2D eigenvalue weighted by Crippen LogP contribution is 2.53. The van der Waals surface area contributed by atoms with Crippen molar-refractivity contribution in [3.05, 3.63) is 75.4 Å². The highest BCUT2D eigenvalue weighted by Gasteiger charge is 2.46. The van der Waals surface area contributed by atoms with E-state index in [9.17, 15) is 4.79 Å². The number of amides is 1. The van der Waals surface area contributed by atoms with Gasteiger partial charge in [-0.25, -0.2) is 0 Å². The number of thioether (sulfide) groups is 1. The number of nitrogens with two attached hydrogens (primary N) is 3. The van der Waals surface area contributed by atoms with Gasteiger partial charge in [-0.15, -0.1) is 12.6 Å². The van der Waals surface area contributed by atoms with Crippen LogP contribution >= 0.6 is 36.0 Å². The minimum atomic E-state index is -0.870. The molecule has 0 spiro atoms. The van der Waals surface area contributed by atoms with E-state index in [4.69, 9.17) is 41.4 Å². The maximum atomic E-state index is 11.9. The van der Waals surface area contributed by atoms with Crippen molar-refractivity contribution in [2.75, 3.05) is 4.90 Å². The van der Waals surface area contributed by atoms with Crippen LogP contribution in [0.2, 0.25) is 5.02 Å². The molecule has 1 aliphatic heterocycles. The molecule has 0 saturated heterocycles. The van der Waals surface area contributed by atoms with Gasteiger partial charge >= 0.3 is 0 Å². The number of carbonyl (C=O) groups excluding carboxylic acids is 1. The number of thiol groups is 1. The molecule has 8 heteroatoms. The van der Waals surface area contributed by atoms with Crippen LogP contribution < -0.4 is 22.1 Å². The number of benzene rings is 2. The molecule has 1 heterocycles. The molecule has 2 aromatic carbocycles. The van der Waals surface area contributed by atoms with Crippen LogP contribution in [-0.2, 0) is 17.8 Å². The van der Waals surface area contributed by atoms with E-state index in [2.05, 4.69) is 0 Å². The van der Waals surface area contributed by atoms with Crippen molar-refractivity contribution in [1.29, 1.82) is 0 Å². The molecule has 0 saturated carbocycles. The lowest BCUT2D eigenvalue weighted by atomic mass is 10.1. The van der Waals surface area contributed by atoms with E-state index in [1.54, 1.807) is 11.0 Å². The van der Waals surface area contributed by atoms with Crippen molar-refractivity contribution in [1.82, 2.24) is 0 Å². The van der Waals surface area contributed by atoms with E-state index in [-0.39, 0.29) is 17.3 Å². The summed E-state index contributed by atoms with van der Waals surface area (Å²) in [5, 5.41) is 0.480. The van der Waals surface area contributed by atoms with Gasteiger partial charge in [-0.1, -0.05) is 65.8 Å². The summed E-state index contributed by atoms with van der Waals surface area (Å²) in [6.45, 7) is 0.269. The molecule has 1 atom stereocenters. The van der Waals surface area contributed by atoms with E-state index in [0.717, 1.165) is 11.1 Å². The molecule has 1 unspecified atom stereocenters. The zero-order valence-corrected chi connectivity index (χ0v) is 16.3. The Bertz CT molecular complexity index is 875. The fourth-order valence-electron chi connectivity index (χ4n) is 2.97. The quantitative estimate of drug-likeness (QED) is 0.572. The van der Waals surface area contributed by atoms with Gasteiger partial charge in [-0.2, -0.15) is 0 Å². The van der Waals surface area contributed by atoms with Crippen LogP contribution in [0.3, 0.4) is 0 Å². The molecule has 6 N–H and O–H groups in total. The van der Waals surface area contributed by atoms with Crippen molar-refractivity contribution in [3.8, 4) is 0 Å². The Morgan fingerprint density at radius 2 is 1.88 bits per heavy atom. The van der Waals surface area contributed by atoms with Gasteiger partial charge in [-0.3, -0.25) is 4.79 Å². The second kappa shape index (κ2) is 7.44. The molecule has 1 amide bonds. The van der Waals surface area contributed by atoms with Gasteiger partial charge in [0.05, 0.1) is 10.7 Å². The maximum Gasteiger partial charge on any atom is 0.258 e. The van der Waals surface area contributed by atoms with Gasteiger partial charge < -0.3 is 22.1 Å². The largest absolute Gasteiger partial charge is 0.384 e. The van der Waals surface area contributed by atoms with Crippen LogP contribution in [0, 0.1) is 0 Å². The number of primary amides is 1. The van der Waals surface area contributed by atoms with E-state index in [1.807, 2.05) is 42.5 Å². The Hall–Kier alpha value is -1.80. The molecular weight excluding hydrogens is 388 g/mol. The first-order valence-electron chi connectivity index (χ1n) is 7.90. The Balaban J connectivity index is 2.15. The third-order valence-electron chi connectivity index (χ3n) is 4.10. The lowest BCUT2D eigenvalue weighted by molar-refractivity contribution is -0.113. The van der Waals surface area contributed by atoms with Crippen LogP contribution in [0.15, 0.2) is 59.3 Å². The second-order valence-corrected chi connectivity index (χ2v) is 8.61. The summed E-state index contributed by atoms with van der Waals surface area (Å²) in [5.74, 6) is -0.362. The summed E-state index contributed by atoms with van der Waals surface area (Å²) in [6, 6.07) is 15.3. The second-order valence-electron chi connectivity index (χ2n) is 5.87. The molecule has 5 nitrogen and oxygen atoms in total. The van der Waals surface area contributed by atoms with Gasteiger partial charge in [0.2, 0.25) is 0 Å². The molecule has 136 valence electrons. The summed E-state index contributed by atoms with van der Waals surface area (Å²) in [6.07, 6.45) is 0.508. The van der Waals surface area contributed by atoms with E-state index < -0.39 is 10.1 Å². The van der Waals surface area contributed by atoms with Gasteiger partial charge in [0.25, 0.3) is 5.91 Å². The monoisotopic (exact) mass is 406 g/mol. The van der Waals surface area contributed by atoms with Crippen molar-refractivity contribution in [2.24, 2.45) is 17.2 Å². The van der Waals surface area contributed by atoms with Gasteiger partial charge in [0, 0.05) is 13.0 Å². The minimum absolute atomic E-state index is 0.233. The number of nitrogens with zero attached hydrogens (tertiary/aromatic N) is 1. The Morgan fingerprint density at radius 1 is 1.19 bits per heavy atom. The van der Waals surface area contributed by atoms with Crippen LogP contribution in [0.25, 0.3) is 0 Å². The summed E-state index contributed by atoms with van der Waals surface area (Å²) in [7, 11) is 0. The molecule has 3 rings (SSSR count). The number of rotatable bonds is 5. The summed E-state index contributed by atoms with van der Waals surface area (Å²) in [4.78, 5) is 13.9.